The molecule has 1 heterocycles. The van der Waals surface area contributed by atoms with Crippen molar-refractivity contribution in [2.45, 2.75) is 57.2 Å². The lowest BCUT2D eigenvalue weighted by molar-refractivity contribution is -0.125. The van der Waals surface area contributed by atoms with Gasteiger partial charge in [0.25, 0.3) is 5.91 Å². The Morgan fingerprint density at radius 1 is 1.03 bits per heavy atom. The normalized spacial score (nSPS) is 23.2. The summed E-state index contributed by atoms with van der Waals surface area (Å²) in [6.07, 6.45) is 5.04. The van der Waals surface area contributed by atoms with E-state index in [1.165, 1.54) is 6.42 Å². The summed E-state index contributed by atoms with van der Waals surface area (Å²) < 4.78 is 10.8. The zero-order valence-corrected chi connectivity index (χ0v) is 19.0. The lowest BCUT2D eigenvalue weighted by atomic mass is 9.84. The largest absolute Gasteiger partial charge is 0.497 e. The number of rotatable bonds is 6. The molecule has 170 valence electrons. The molecular formula is C26H32N2O4. The Kier molecular flexibility index (Phi) is 6.68. The standard InChI is InChI=1S/C26H32N2O4/c1-17(21-14-13-20(31-2)16-24(21)32-3)27-25(29)23-15-19-11-7-8-12-22(19)28(23)26(30)18-9-5-4-6-10-18/h4-6,9-10,13-14,16-17,19,22-23H,7-8,11-12,15H2,1-3H3,(H,27,29). The minimum absolute atomic E-state index is 0.0465. The minimum Gasteiger partial charge on any atom is -0.497 e. The van der Waals surface area contributed by atoms with Crippen LogP contribution in [0.15, 0.2) is 48.5 Å². The van der Waals surface area contributed by atoms with Crippen molar-refractivity contribution >= 4 is 11.8 Å². The van der Waals surface area contributed by atoms with Crippen LogP contribution in [0.1, 0.15) is 61.0 Å². The number of amides is 2. The first-order valence-electron chi connectivity index (χ1n) is 11.4. The molecule has 0 spiro atoms. The van der Waals surface area contributed by atoms with E-state index < -0.39 is 6.04 Å². The SMILES string of the molecule is COc1ccc(C(C)NC(=O)C2CC3CCCCC3N2C(=O)c2ccccc2)c(OC)c1. The van der Waals surface area contributed by atoms with Crippen LogP contribution in [-0.4, -0.2) is 43.0 Å². The average molecular weight is 437 g/mol. The monoisotopic (exact) mass is 436 g/mol. The molecule has 1 N–H and O–H groups in total. The van der Waals surface area contributed by atoms with Crippen molar-refractivity contribution < 1.29 is 19.1 Å². The predicted molar refractivity (Wildman–Crippen MR) is 123 cm³/mol. The molecule has 2 fully saturated rings. The molecule has 0 aromatic heterocycles. The summed E-state index contributed by atoms with van der Waals surface area (Å²) in [6.45, 7) is 1.94. The Bertz CT molecular complexity index is 962. The van der Waals surface area contributed by atoms with E-state index in [2.05, 4.69) is 5.32 Å². The van der Waals surface area contributed by atoms with E-state index in [1.807, 2.05) is 60.4 Å². The van der Waals surface area contributed by atoms with Gasteiger partial charge in [0, 0.05) is 23.2 Å². The van der Waals surface area contributed by atoms with Crippen LogP contribution < -0.4 is 14.8 Å². The van der Waals surface area contributed by atoms with Gasteiger partial charge in [-0.2, -0.15) is 0 Å². The summed E-state index contributed by atoms with van der Waals surface area (Å²) in [4.78, 5) is 28.8. The van der Waals surface area contributed by atoms with E-state index in [-0.39, 0.29) is 23.9 Å². The second kappa shape index (κ2) is 9.63. The molecule has 2 aromatic rings. The summed E-state index contributed by atoms with van der Waals surface area (Å²) in [7, 11) is 3.21. The molecule has 6 nitrogen and oxygen atoms in total. The van der Waals surface area contributed by atoms with Gasteiger partial charge in [-0.25, -0.2) is 0 Å². The number of hydrogen-bond acceptors (Lipinski definition) is 4. The molecule has 4 atom stereocenters. The third kappa shape index (κ3) is 4.31. The van der Waals surface area contributed by atoms with E-state index in [4.69, 9.17) is 9.47 Å². The van der Waals surface area contributed by atoms with Crippen molar-refractivity contribution in [2.24, 2.45) is 5.92 Å². The van der Waals surface area contributed by atoms with Crippen molar-refractivity contribution in [3.05, 3.63) is 59.7 Å². The third-order valence-electron chi connectivity index (χ3n) is 6.91. The number of carbonyl (C=O) groups excluding carboxylic acids is 2. The fraction of sp³-hybridized carbons (Fsp3) is 0.462. The van der Waals surface area contributed by atoms with E-state index in [0.29, 0.717) is 23.0 Å². The number of hydrogen-bond donors (Lipinski definition) is 1. The minimum atomic E-state index is -0.456. The highest BCUT2D eigenvalue weighted by molar-refractivity contribution is 5.98. The van der Waals surface area contributed by atoms with Gasteiger partial charge in [0.1, 0.15) is 17.5 Å². The van der Waals surface area contributed by atoms with Gasteiger partial charge in [0.2, 0.25) is 5.91 Å². The van der Waals surface area contributed by atoms with Gasteiger partial charge >= 0.3 is 0 Å². The smallest absolute Gasteiger partial charge is 0.254 e. The second-order valence-corrected chi connectivity index (χ2v) is 8.78. The molecule has 1 aliphatic heterocycles. The van der Waals surface area contributed by atoms with Crippen LogP contribution in [-0.2, 0) is 4.79 Å². The summed E-state index contributed by atoms with van der Waals surface area (Å²) in [5.74, 6) is 1.60. The molecular weight excluding hydrogens is 404 g/mol. The van der Waals surface area contributed by atoms with E-state index in [9.17, 15) is 9.59 Å². The van der Waals surface area contributed by atoms with Crippen LogP contribution in [0.5, 0.6) is 11.5 Å². The van der Waals surface area contributed by atoms with Crippen LogP contribution in [0.4, 0.5) is 0 Å². The van der Waals surface area contributed by atoms with Crippen molar-refractivity contribution in [1.82, 2.24) is 10.2 Å². The van der Waals surface area contributed by atoms with Crippen LogP contribution in [0.25, 0.3) is 0 Å². The van der Waals surface area contributed by atoms with Crippen molar-refractivity contribution in [3.63, 3.8) is 0 Å². The Labute approximate surface area is 189 Å². The van der Waals surface area contributed by atoms with Crippen molar-refractivity contribution in [2.75, 3.05) is 14.2 Å². The average Bonchev–Trinajstić information content (AvgIpc) is 3.23. The van der Waals surface area contributed by atoms with Gasteiger partial charge in [-0.3, -0.25) is 9.59 Å². The molecule has 2 amide bonds. The second-order valence-electron chi connectivity index (χ2n) is 8.78. The summed E-state index contributed by atoms with van der Waals surface area (Å²) >= 11 is 0. The van der Waals surface area contributed by atoms with Gasteiger partial charge in [-0.05, 0) is 56.4 Å². The maximum absolute atomic E-state index is 13.5. The molecule has 4 unspecified atom stereocenters. The third-order valence-corrected chi connectivity index (χ3v) is 6.91. The molecule has 1 saturated heterocycles. The number of methoxy groups -OCH3 is 2. The van der Waals surface area contributed by atoms with Gasteiger partial charge in [-0.15, -0.1) is 0 Å². The first kappa shape index (κ1) is 22.2. The molecule has 2 aliphatic rings. The summed E-state index contributed by atoms with van der Waals surface area (Å²) in [5, 5.41) is 3.14. The number of fused-ring (bicyclic) bond motifs is 1. The topological polar surface area (TPSA) is 67.9 Å². The van der Waals surface area contributed by atoms with Gasteiger partial charge in [0.05, 0.1) is 20.3 Å². The molecule has 32 heavy (non-hydrogen) atoms. The van der Waals surface area contributed by atoms with Crippen LogP contribution in [0.3, 0.4) is 0 Å². The maximum atomic E-state index is 13.5. The van der Waals surface area contributed by atoms with E-state index in [1.54, 1.807) is 14.2 Å². The zero-order chi connectivity index (χ0) is 22.7. The lowest BCUT2D eigenvalue weighted by Gasteiger charge is -2.34. The van der Waals surface area contributed by atoms with Crippen LogP contribution in [0.2, 0.25) is 0 Å². The molecule has 4 rings (SSSR count). The first-order chi connectivity index (χ1) is 15.5. The summed E-state index contributed by atoms with van der Waals surface area (Å²) in [6, 6.07) is 14.3. The number of nitrogens with zero attached hydrogens (tertiary/aromatic N) is 1. The molecule has 2 aromatic carbocycles. The Morgan fingerprint density at radius 2 is 1.78 bits per heavy atom. The predicted octanol–water partition coefficient (Wildman–Crippen LogP) is 4.35. The van der Waals surface area contributed by atoms with Gasteiger partial charge in [0.15, 0.2) is 0 Å². The van der Waals surface area contributed by atoms with E-state index in [0.717, 1.165) is 31.2 Å². The quantitative estimate of drug-likeness (QED) is 0.731. The highest BCUT2D eigenvalue weighted by Crippen LogP contribution is 2.41. The number of carbonyl (C=O) groups is 2. The maximum Gasteiger partial charge on any atom is 0.254 e. The molecule has 0 bridgehead atoms. The Morgan fingerprint density at radius 3 is 2.50 bits per heavy atom. The van der Waals surface area contributed by atoms with Crippen LogP contribution in [0, 0.1) is 5.92 Å². The molecule has 1 aliphatic carbocycles. The highest BCUT2D eigenvalue weighted by atomic mass is 16.5. The van der Waals surface area contributed by atoms with Gasteiger partial charge in [-0.1, -0.05) is 31.0 Å². The molecule has 0 radical (unpaired) electrons. The summed E-state index contributed by atoms with van der Waals surface area (Å²) in [5.41, 5.74) is 1.51. The van der Waals surface area contributed by atoms with E-state index >= 15 is 0 Å². The highest BCUT2D eigenvalue weighted by Gasteiger charge is 2.47. The molecule has 6 heteroatoms. The lowest BCUT2D eigenvalue weighted by Crippen LogP contribution is -2.50. The first-order valence-corrected chi connectivity index (χ1v) is 11.4. The van der Waals surface area contributed by atoms with Crippen LogP contribution >= 0.6 is 0 Å². The Hall–Kier alpha value is -3.02. The number of nitrogens with one attached hydrogen (secondary N) is 1. The zero-order valence-electron chi connectivity index (χ0n) is 19.0. The van der Waals surface area contributed by atoms with Gasteiger partial charge < -0.3 is 19.7 Å². The fourth-order valence-electron chi connectivity index (χ4n) is 5.28. The molecule has 1 saturated carbocycles. The Balaban J connectivity index is 1.56. The van der Waals surface area contributed by atoms with Crippen molar-refractivity contribution in [3.8, 4) is 11.5 Å². The number of likely N-dealkylation sites (tertiary alicyclic amines) is 1. The van der Waals surface area contributed by atoms with Crippen molar-refractivity contribution in [1.29, 1.82) is 0 Å². The fourth-order valence-corrected chi connectivity index (χ4v) is 5.28. The number of benzene rings is 2. The number of ether oxygens (including phenoxy) is 2.